The van der Waals surface area contributed by atoms with E-state index in [2.05, 4.69) is 47.4 Å². The smallest absolute Gasteiger partial charge is 0.335 e. The largest absolute Gasteiger partial charge is 0.478 e. The summed E-state index contributed by atoms with van der Waals surface area (Å²) in [6.07, 6.45) is 8.35. The molecule has 4 heteroatoms. The zero-order chi connectivity index (χ0) is 20.7. The molecule has 0 fully saturated rings. The van der Waals surface area contributed by atoms with Gasteiger partial charge in [-0.3, -0.25) is 0 Å². The molecule has 0 heterocycles. The van der Waals surface area contributed by atoms with Crippen molar-refractivity contribution in [3.63, 3.8) is 0 Å². The lowest BCUT2D eigenvalue weighted by Gasteiger charge is -2.44. The minimum Gasteiger partial charge on any atom is -0.478 e. The van der Waals surface area contributed by atoms with Gasteiger partial charge < -0.3 is 9.53 Å². The monoisotopic (exact) mass is 390 g/mol. The molecule has 0 amide bonds. The second-order valence-electron chi connectivity index (χ2n) is 9.38. The summed E-state index contributed by atoms with van der Waals surface area (Å²) in [4.78, 5) is 11.1. The number of carbonyl (C=O) groups is 1. The minimum absolute atomic E-state index is 0.157. The molecule has 0 spiro atoms. The van der Waals surface area contributed by atoms with Gasteiger partial charge in [-0.15, -0.1) is 6.58 Å². The third-order valence-corrected chi connectivity index (χ3v) is 10.3. The molecule has 152 valence electrons. The Bertz CT molecular complexity index is 614. The molecule has 1 aromatic rings. The Balaban J connectivity index is 2.94. The molecule has 0 aliphatic carbocycles. The number of unbranched alkanes of at least 4 members (excludes halogenated alkanes) is 3. The van der Waals surface area contributed by atoms with Crippen LogP contribution in [0.2, 0.25) is 18.1 Å². The molecule has 3 nitrogen and oxygen atoms in total. The molecule has 1 N–H and O–H groups in total. The van der Waals surface area contributed by atoms with Gasteiger partial charge in [0, 0.05) is 6.42 Å². The number of aromatic carboxylic acids is 1. The molecule has 1 atom stereocenters. The van der Waals surface area contributed by atoms with Gasteiger partial charge in [0.15, 0.2) is 8.32 Å². The molecule has 0 bridgehead atoms. The number of hydrogen-bond donors (Lipinski definition) is 1. The maximum absolute atomic E-state index is 11.1. The lowest BCUT2D eigenvalue weighted by atomic mass is 9.90. The zero-order valence-corrected chi connectivity index (χ0v) is 19.1. The van der Waals surface area contributed by atoms with Gasteiger partial charge in [0.1, 0.15) is 0 Å². The molecule has 0 radical (unpaired) electrons. The molecule has 0 saturated carbocycles. The average Bonchev–Trinajstić information content (AvgIpc) is 2.53. The zero-order valence-electron chi connectivity index (χ0n) is 18.1. The summed E-state index contributed by atoms with van der Waals surface area (Å²) in [6, 6.07) is 7.23. The van der Waals surface area contributed by atoms with Gasteiger partial charge >= 0.3 is 5.97 Å². The van der Waals surface area contributed by atoms with Crippen molar-refractivity contribution in [3.8, 4) is 0 Å². The fourth-order valence-electron chi connectivity index (χ4n) is 3.11. The third-order valence-electron chi connectivity index (χ3n) is 5.70. The summed E-state index contributed by atoms with van der Waals surface area (Å²) >= 11 is 0. The number of benzene rings is 1. The Morgan fingerprint density at radius 2 is 1.70 bits per heavy atom. The fourth-order valence-corrected chi connectivity index (χ4v) is 4.82. The van der Waals surface area contributed by atoms with Crippen LogP contribution in [0.1, 0.15) is 75.7 Å². The summed E-state index contributed by atoms with van der Waals surface area (Å²) < 4.78 is 6.88. The SMILES string of the molecule is C=CCCCCCC(C)(Cc1ccc(C(=O)O)cc1)O[Si](C)(C)C(C)(C)C. The molecule has 0 aromatic heterocycles. The predicted molar refractivity (Wildman–Crippen MR) is 117 cm³/mol. The topological polar surface area (TPSA) is 46.5 Å². The van der Waals surface area contributed by atoms with Crippen molar-refractivity contribution in [1.29, 1.82) is 0 Å². The van der Waals surface area contributed by atoms with Crippen molar-refractivity contribution < 1.29 is 14.3 Å². The highest BCUT2D eigenvalue weighted by atomic mass is 28.4. The van der Waals surface area contributed by atoms with Crippen molar-refractivity contribution >= 4 is 14.3 Å². The van der Waals surface area contributed by atoms with Crippen molar-refractivity contribution in [2.24, 2.45) is 0 Å². The lowest BCUT2D eigenvalue weighted by molar-refractivity contribution is 0.0603. The predicted octanol–water partition coefficient (Wildman–Crippen LogP) is 6.84. The number of hydrogen-bond acceptors (Lipinski definition) is 2. The van der Waals surface area contributed by atoms with Gasteiger partial charge in [-0.25, -0.2) is 4.79 Å². The van der Waals surface area contributed by atoms with Crippen molar-refractivity contribution in [2.45, 2.75) is 90.0 Å². The summed E-state index contributed by atoms with van der Waals surface area (Å²) in [7, 11) is -1.91. The van der Waals surface area contributed by atoms with Crippen LogP contribution in [0.3, 0.4) is 0 Å². The molecule has 1 unspecified atom stereocenters. The van der Waals surface area contributed by atoms with Crippen LogP contribution in [-0.2, 0) is 10.8 Å². The van der Waals surface area contributed by atoms with E-state index in [0.717, 1.165) is 31.2 Å². The molecule has 1 aromatic carbocycles. The summed E-state index contributed by atoms with van der Waals surface area (Å²) in [5.74, 6) is -0.885. The quantitative estimate of drug-likeness (QED) is 0.255. The van der Waals surface area contributed by atoms with E-state index >= 15 is 0 Å². The maximum Gasteiger partial charge on any atom is 0.335 e. The summed E-state index contributed by atoms with van der Waals surface area (Å²) in [5, 5.41) is 9.27. The van der Waals surface area contributed by atoms with E-state index in [1.807, 2.05) is 18.2 Å². The van der Waals surface area contributed by atoms with Crippen LogP contribution < -0.4 is 0 Å². The Morgan fingerprint density at radius 1 is 1.11 bits per heavy atom. The molecule has 0 aliphatic rings. The molecule has 1 rings (SSSR count). The van der Waals surface area contributed by atoms with Crippen LogP contribution in [0.5, 0.6) is 0 Å². The normalized spacial score (nSPS) is 14.6. The Kier molecular flexibility index (Phi) is 8.49. The summed E-state index contributed by atoms with van der Waals surface area (Å²) in [6.45, 7) is 17.4. The van der Waals surface area contributed by atoms with Crippen LogP contribution in [0, 0.1) is 0 Å². The van der Waals surface area contributed by atoms with Crippen LogP contribution in [0.15, 0.2) is 36.9 Å². The van der Waals surface area contributed by atoms with Crippen LogP contribution in [0.25, 0.3) is 0 Å². The molecule has 0 aliphatic heterocycles. The van der Waals surface area contributed by atoms with Gasteiger partial charge in [0.25, 0.3) is 0 Å². The lowest BCUT2D eigenvalue weighted by Crippen LogP contribution is -2.49. The molecular weight excluding hydrogens is 352 g/mol. The van der Waals surface area contributed by atoms with Gasteiger partial charge in [-0.2, -0.15) is 0 Å². The van der Waals surface area contributed by atoms with Crippen molar-refractivity contribution in [2.75, 3.05) is 0 Å². The standard InChI is InChI=1S/C23H38O3Si/c1-8-9-10-11-12-17-23(5,26-27(6,7)22(2,3)4)18-19-13-15-20(16-14-19)21(24)25/h8,13-16H,1,9-12,17-18H2,2-7H3,(H,24,25). The molecular formula is C23H38O3Si. The number of carboxylic acid groups (broad SMARTS) is 1. The third kappa shape index (κ3) is 7.63. The first-order chi connectivity index (χ1) is 12.4. The van der Waals surface area contributed by atoms with Crippen LogP contribution >= 0.6 is 0 Å². The fraction of sp³-hybridized carbons (Fsp3) is 0.609. The van der Waals surface area contributed by atoms with E-state index in [1.165, 1.54) is 12.8 Å². The Labute approximate surface area is 167 Å². The van der Waals surface area contributed by atoms with E-state index in [0.29, 0.717) is 5.56 Å². The number of carboxylic acids is 1. The number of rotatable bonds is 11. The van der Waals surface area contributed by atoms with Gasteiger partial charge in [0.2, 0.25) is 0 Å². The van der Waals surface area contributed by atoms with Crippen LogP contribution in [-0.4, -0.2) is 25.0 Å². The second kappa shape index (κ2) is 9.70. The first-order valence-electron chi connectivity index (χ1n) is 10.0. The van der Waals surface area contributed by atoms with Crippen molar-refractivity contribution in [1.82, 2.24) is 0 Å². The average molecular weight is 391 g/mol. The highest BCUT2D eigenvalue weighted by Gasteiger charge is 2.42. The van der Waals surface area contributed by atoms with E-state index in [1.54, 1.807) is 12.1 Å². The maximum atomic E-state index is 11.1. The Hall–Kier alpha value is -1.39. The van der Waals surface area contributed by atoms with E-state index < -0.39 is 14.3 Å². The van der Waals surface area contributed by atoms with Gasteiger partial charge in [0.05, 0.1) is 11.2 Å². The molecule has 0 saturated heterocycles. The Morgan fingerprint density at radius 3 is 2.19 bits per heavy atom. The van der Waals surface area contributed by atoms with Crippen LogP contribution in [0.4, 0.5) is 0 Å². The highest BCUT2D eigenvalue weighted by molar-refractivity contribution is 6.74. The minimum atomic E-state index is -1.91. The van der Waals surface area contributed by atoms with Gasteiger partial charge in [-0.1, -0.05) is 51.8 Å². The molecule has 27 heavy (non-hydrogen) atoms. The van der Waals surface area contributed by atoms with E-state index in [-0.39, 0.29) is 10.6 Å². The van der Waals surface area contributed by atoms with Crippen molar-refractivity contribution in [3.05, 3.63) is 48.0 Å². The van der Waals surface area contributed by atoms with E-state index in [4.69, 9.17) is 9.53 Å². The van der Waals surface area contributed by atoms with Gasteiger partial charge in [-0.05, 0) is 62.0 Å². The van der Waals surface area contributed by atoms with E-state index in [9.17, 15) is 4.79 Å². The number of allylic oxidation sites excluding steroid dienone is 1. The first kappa shape index (κ1) is 23.6. The highest BCUT2D eigenvalue weighted by Crippen LogP contribution is 2.41. The first-order valence-corrected chi connectivity index (χ1v) is 12.9. The summed E-state index contributed by atoms with van der Waals surface area (Å²) in [5.41, 5.74) is 1.23. The second-order valence-corrected chi connectivity index (χ2v) is 14.1.